The van der Waals surface area contributed by atoms with E-state index in [1.54, 1.807) is 0 Å². The van der Waals surface area contributed by atoms with Crippen LogP contribution in [0.2, 0.25) is 0 Å². The zero-order valence-corrected chi connectivity index (χ0v) is 14.2. The number of nitrogens with zero attached hydrogens (tertiary/aromatic N) is 1. The molecule has 0 bridgehead atoms. The molecular weight excluding hydrogens is 316 g/mol. The molecule has 3 aliphatic rings. The number of benzene rings is 1. The Labute approximate surface area is 146 Å². The number of esters is 1. The van der Waals surface area contributed by atoms with E-state index >= 15 is 0 Å². The van der Waals surface area contributed by atoms with E-state index in [0.29, 0.717) is 13.1 Å². The lowest BCUT2D eigenvalue weighted by Crippen LogP contribution is -2.46. The zero-order chi connectivity index (χ0) is 17.0. The highest BCUT2D eigenvalue weighted by atomic mass is 16.6. The third-order valence-corrected chi connectivity index (χ3v) is 6.27. The first kappa shape index (κ1) is 15.0. The molecule has 2 aromatic rings. The van der Waals surface area contributed by atoms with Crippen molar-refractivity contribution in [2.24, 2.45) is 5.92 Å². The van der Waals surface area contributed by atoms with Crippen LogP contribution in [-0.2, 0) is 27.3 Å². The molecule has 1 N–H and O–H groups in total. The number of fused-ring (bicyclic) bond motifs is 3. The highest BCUT2D eigenvalue weighted by molar-refractivity contribution is 5.89. The molecule has 130 valence electrons. The monoisotopic (exact) mass is 338 g/mol. The van der Waals surface area contributed by atoms with E-state index in [2.05, 4.69) is 23.2 Å². The number of aromatic nitrogens is 1. The molecule has 3 heterocycles. The van der Waals surface area contributed by atoms with Crippen molar-refractivity contribution in [3.05, 3.63) is 35.5 Å². The van der Waals surface area contributed by atoms with E-state index in [-0.39, 0.29) is 24.2 Å². The van der Waals surface area contributed by atoms with Gasteiger partial charge in [-0.3, -0.25) is 9.59 Å². The molecule has 1 aliphatic carbocycles. The summed E-state index contributed by atoms with van der Waals surface area (Å²) in [6.45, 7) is 1.32. The molecule has 1 saturated heterocycles. The van der Waals surface area contributed by atoms with Crippen LogP contribution in [0.5, 0.6) is 0 Å². The number of hydrogen-bond donors (Lipinski definition) is 1. The summed E-state index contributed by atoms with van der Waals surface area (Å²) in [5.74, 6) is -0.408. The van der Waals surface area contributed by atoms with Crippen molar-refractivity contribution in [3.8, 4) is 0 Å². The maximum atomic E-state index is 13.2. The van der Waals surface area contributed by atoms with Crippen molar-refractivity contribution >= 4 is 22.8 Å². The summed E-state index contributed by atoms with van der Waals surface area (Å²) in [5, 5.41) is 1.26. The Morgan fingerprint density at radius 1 is 1.24 bits per heavy atom. The molecule has 5 rings (SSSR count). The Morgan fingerprint density at radius 2 is 2.04 bits per heavy atom. The van der Waals surface area contributed by atoms with Crippen LogP contribution >= 0.6 is 0 Å². The third kappa shape index (κ3) is 2.21. The molecule has 1 spiro atoms. The molecule has 1 amide bonds. The second-order valence-corrected chi connectivity index (χ2v) is 7.64. The summed E-state index contributed by atoms with van der Waals surface area (Å²) in [7, 11) is 0. The average molecular weight is 338 g/mol. The minimum atomic E-state index is -0.519. The number of carbonyl (C=O) groups is 2. The Morgan fingerprint density at radius 3 is 2.88 bits per heavy atom. The number of hydrogen-bond acceptors (Lipinski definition) is 3. The van der Waals surface area contributed by atoms with E-state index < -0.39 is 5.60 Å². The van der Waals surface area contributed by atoms with E-state index in [0.717, 1.165) is 43.3 Å². The lowest BCUT2D eigenvalue weighted by atomic mass is 9.84. The summed E-state index contributed by atoms with van der Waals surface area (Å²) in [6.07, 6.45) is 4.86. The fourth-order valence-electron chi connectivity index (χ4n) is 5.03. The molecule has 5 nitrogen and oxygen atoms in total. The first-order valence-corrected chi connectivity index (χ1v) is 9.25. The van der Waals surface area contributed by atoms with Gasteiger partial charge in [0, 0.05) is 23.1 Å². The highest BCUT2D eigenvalue weighted by Crippen LogP contribution is 2.46. The van der Waals surface area contributed by atoms with Gasteiger partial charge in [0.15, 0.2) is 0 Å². The molecule has 0 radical (unpaired) electrons. The number of aromatic amines is 1. The molecular formula is C20H22N2O3. The van der Waals surface area contributed by atoms with Crippen LogP contribution < -0.4 is 0 Å². The van der Waals surface area contributed by atoms with Gasteiger partial charge in [-0.2, -0.15) is 0 Å². The van der Waals surface area contributed by atoms with Gasteiger partial charge in [-0.15, -0.1) is 0 Å². The lowest BCUT2D eigenvalue weighted by Gasteiger charge is -2.34. The van der Waals surface area contributed by atoms with Crippen LogP contribution in [0.3, 0.4) is 0 Å². The van der Waals surface area contributed by atoms with Gasteiger partial charge in [0.2, 0.25) is 5.91 Å². The van der Waals surface area contributed by atoms with Crippen molar-refractivity contribution in [1.29, 1.82) is 0 Å². The van der Waals surface area contributed by atoms with Gasteiger partial charge in [0.1, 0.15) is 5.60 Å². The van der Waals surface area contributed by atoms with Gasteiger partial charge < -0.3 is 14.6 Å². The quantitative estimate of drug-likeness (QED) is 0.813. The zero-order valence-electron chi connectivity index (χ0n) is 14.2. The van der Waals surface area contributed by atoms with Crippen LogP contribution in [-0.4, -0.2) is 33.9 Å². The van der Waals surface area contributed by atoms with Crippen molar-refractivity contribution in [3.63, 3.8) is 0 Å². The lowest BCUT2D eigenvalue weighted by molar-refractivity contribution is -0.152. The first-order chi connectivity index (χ1) is 12.2. The van der Waals surface area contributed by atoms with Crippen molar-refractivity contribution in [1.82, 2.24) is 9.88 Å². The molecule has 2 aliphatic heterocycles. The number of ether oxygens (including phenoxy) is 1. The molecule has 5 heteroatoms. The van der Waals surface area contributed by atoms with Crippen molar-refractivity contribution in [2.75, 3.05) is 6.54 Å². The number of amides is 1. The normalized spacial score (nSPS) is 24.7. The van der Waals surface area contributed by atoms with Crippen LogP contribution in [0, 0.1) is 5.92 Å². The minimum absolute atomic E-state index is 0.0945. The SMILES string of the molecule is O=C1C[C@@H](C(=O)N2CCc3c([nH]c4ccccc34)C2)C2(CCCC2)O1. The number of H-pyrrole nitrogens is 1. The first-order valence-electron chi connectivity index (χ1n) is 9.25. The van der Waals surface area contributed by atoms with Gasteiger partial charge >= 0.3 is 5.97 Å². The van der Waals surface area contributed by atoms with Crippen LogP contribution in [0.25, 0.3) is 10.9 Å². The maximum absolute atomic E-state index is 13.2. The van der Waals surface area contributed by atoms with Gasteiger partial charge in [0.25, 0.3) is 0 Å². The number of carbonyl (C=O) groups excluding carboxylic acids is 2. The Kier molecular flexibility index (Phi) is 3.21. The fourth-order valence-corrected chi connectivity index (χ4v) is 5.03. The van der Waals surface area contributed by atoms with E-state index in [9.17, 15) is 9.59 Å². The number of para-hydroxylation sites is 1. The summed E-state index contributed by atoms with van der Waals surface area (Å²) in [6, 6.07) is 8.30. The molecule has 1 saturated carbocycles. The molecule has 1 aromatic heterocycles. The predicted molar refractivity (Wildman–Crippen MR) is 92.8 cm³/mol. The topological polar surface area (TPSA) is 62.4 Å². The van der Waals surface area contributed by atoms with Gasteiger partial charge in [-0.1, -0.05) is 18.2 Å². The predicted octanol–water partition coefficient (Wildman–Crippen LogP) is 2.93. The number of nitrogens with one attached hydrogen (secondary N) is 1. The van der Waals surface area contributed by atoms with Crippen molar-refractivity contribution < 1.29 is 14.3 Å². The molecule has 1 atom stereocenters. The summed E-state index contributed by atoms with van der Waals surface area (Å²) < 4.78 is 5.66. The average Bonchev–Trinajstić information content (AvgIpc) is 3.31. The second kappa shape index (κ2) is 5.35. The fraction of sp³-hybridized carbons (Fsp3) is 0.500. The van der Waals surface area contributed by atoms with Crippen LogP contribution in [0.1, 0.15) is 43.4 Å². The Balaban J connectivity index is 1.42. The van der Waals surface area contributed by atoms with Crippen molar-refractivity contribution in [2.45, 2.75) is 50.7 Å². The second-order valence-electron chi connectivity index (χ2n) is 7.64. The maximum Gasteiger partial charge on any atom is 0.307 e. The number of rotatable bonds is 1. The van der Waals surface area contributed by atoms with Gasteiger partial charge in [-0.05, 0) is 43.7 Å². The standard InChI is InChI=1S/C20H22N2O3/c23-18-11-15(20(25-18)8-3-4-9-20)19(24)22-10-7-14-13-5-1-2-6-16(13)21-17(14)12-22/h1-2,5-6,15,21H,3-4,7-12H2/t15-/m0/s1. The van der Waals surface area contributed by atoms with Crippen LogP contribution in [0.15, 0.2) is 24.3 Å². The Bertz CT molecular complexity index is 863. The summed E-state index contributed by atoms with van der Waals surface area (Å²) >= 11 is 0. The smallest absolute Gasteiger partial charge is 0.307 e. The van der Waals surface area contributed by atoms with Crippen LogP contribution in [0.4, 0.5) is 0 Å². The summed E-state index contributed by atoms with van der Waals surface area (Å²) in [5.41, 5.74) is 3.07. The third-order valence-electron chi connectivity index (χ3n) is 6.27. The highest BCUT2D eigenvalue weighted by Gasteiger charge is 2.55. The van der Waals surface area contributed by atoms with E-state index in [1.165, 1.54) is 10.9 Å². The van der Waals surface area contributed by atoms with Gasteiger partial charge in [0.05, 0.1) is 18.9 Å². The minimum Gasteiger partial charge on any atom is -0.458 e. The van der Waals surface area contributed by atoms with Gasteiger partial charge in [-0.25, -0.2) is 0 Å². The Hall–Kier alpha value is -2.30. The molecule has 2 fully saturated rings. The largest absolute Gasteiger partial charge is 0.458 e. The molecule has 25 heavy (non-hydrogen) atoms. The molecule has 0 unspecified atom stereocenters. The summed E-state index contributed by atoms with van der Waals surface area (Å²) in [4.78, 5) is 30.5. The van der Waals surface area contributed by atoms with E-state index in [4.69, 9.17) is 4.74 Å². The molecule has 1 aromatic carbocycles. The van der Waals surface area contributed by atoms with E-state index in [1.807, 2.05) is 11.0 Å².